The molecule has 0 radical (unpaired) electrons. The standard InChI is InChI=1S/C44H43ClN10O8S/c1-22-23(2)64-44-38(22)39(25-9-11-26(45)12-10-25)48-31(41-53-50-24(3)55(41)44)19-36(57)46-15-16-47-37(58)21-63-40-33(61-4)17-27(18-34(40)62-5)51-52-30-8-6-7-28-29(30)20-54(43(28)60)32-13-14-35(56)49-42(32)59/h6-12,17-18,31-32H,13-16,19-21H2,1-5H3,(H,46,57)(H,47,58)(H,49,56,59)/t31-,32?/m0/s1. The number of piperidine rings is 1. The maximum atomic E-state index is 13.4. The summed E-state index contributed by atoms with van der Waals surface area (Å²) in [6.07, 6.45) is 0.376. The zero-order valence-corrected chi connectivity index (χ0v) is 37.1. The number of carbonyl (C=O) groups excluding carboxylic acids is 5. The molecule has 8 rings (SSSR count). The van der Waals surface area contributed by atoms with E-state index in [-0.39, 0.29) is 73.9 Å². The minimum Gasteiger partial charge on any atom is -0.493 e. The number of azo groups is 1. The highest BCUT2D eigenvalue weighted by Crippen LogP contribution is 2.43. The zero-order chi connectivity index (χ0) is 45.2. The molecule has 5 heterocycles. The van der Waals surface area contributed by atoms with Gasteiger partial charge < -0.3 is 29.7 Å². The number of halogens is 1. The van der Waals surface area contributed by atoms with E-state index in [2.05, 4.69) is 50.2 Å². The summed E-state index contributed by atoms with van der Waals surface area (Å²) >= 11 is 7.86. The van der Waals surface area contributed by atoms with E-state index in [1.807, 2.05) is 35.8 Å². The van der Waals surface area contributed by atoms with Crippen LogP contribution in [0.2, 0.25) is 5.02 Å². The summed E-state index contributed by atoms with van der Waals surface area (Å²) in [5.41, 5.74) is 5.42. The van der Waals surface area contributed by atoms with Gasteiger partial charge in [-0.05, 0) is 57.0 Å². The topological polar surface area (TPSA) is 220 Å². The van der Waals surface area contributed by atoms with Gasteiger partial charge in [0.2, 0.25) is 23.5 Å². The quantitative estimate of drug-likeness (QED) is 0.0702. The normalized spacial score (nSPS) is 16.7. The molecule has 0 aliphatic carbocycles. The van der Waals surface area contributed by atoms with Gasteiger partial charge >= 0.3 is 0 Å². The molecule has 0 saturated carbocycles. The highest BCUT2D eigenvalue weighted by Gasteiger charge is 2.40. The maximum Gasteiger partial charge on any atom is 0.258 e. The van der Waals surface area contributed by atoms with Crippen molar-refractivity contribution in [3.8, 4) is 22.2 Å². The summed E-state index contributed by atoms with van der Waals surface area (Å²) < 4.78 is 18.9. The number of thiophene rings is 1. The molecule has 1 unspecified atom stereocenters. The van der Waals surface area contributed by atoms with Crippen molar-refractivity contribution in [2.24, 2.45) is 15.2 Å². The number of hydrogen-bond acceptors (Lipinski definition) is 14. The predicted octanol–water partition coefficient (Wildman–Crippen LogP) is 5.69. The van der Waals surface area contributed by atoms with Crippen molar-refractivity contribution in [1.82, 2.24) is 35.6 Å². The van der Waals surface area contributed by atoms with Crippen molar-refractivity contribution < 1.29 is 38.2 Å². The van der Waals surface area contributed by atoms with Crippen molar-refractivity contribution in [2.45, 2.75) is 58.7 Å². The molecule has 0 spiro atoms. The Kier molecular flexibility index (Phi) is 12.5. The van der Waals surface area contributed by atoms with E-state index in [1.54, 1.807) is 41.7 Å². The number of imide groups is 1. The lowest BCUT2D eigenvalue weighted by atomic mass is 9.99. The SMILES string of the molecule is COc1cc(N=Nc2cccc3c2CN(C2CCC(=O)NC2=O)C3=O)cc(OC)c1OCC(=O)NCCNC(=O)C[C@@H]1N=C(c2ccc(Cl)cc2)c2c(sc(C)c2C)-n2c(C)nnc21. The number of carbonyl (C=O) groups is 5. The lowest BCUT2D eigenvalue weighted by molar-refractivity contribution is -0.137. The van der Waals surface area contributed by atoms with E-state index in [0.29, 0.717) is 39.2 Å². The Morgan fingerprint density at radius 1 is 0.953 bits per heavy atom. The number of aromatic nitrogens is 3. The van der Waals surface area contributed by atoms with Crippen molar-refractivity contribution in [2.75, 3.05) is 33.9 Å². The molecule has 5 aromatic rings. The molecule has 3 aliphatic heterocycles. The van der Waals surface area contributed by atoms with Gasteiger partial charge in [0.05, 0.1) is 37.7 Å². The third kappa shape index (κ3) is 8.67. The van der Waals surface area contributed by atoms with E-state index < -0.39 is 30.5 Å². The highest BCUT2D eigenvalue weighted by atomic mass is 35.5. The Morgan fingerprint density at radius 2 is 1.67 bits per heavy atom. The zero-order valence-electron chi connectivity index (χ0n) is 35.5. The number of methoxy groups -OCH3 is 2. The molecular weight excluding hydrogens is 864 g/mol. The molecule has 64 heavy (non-hydrogen) atoms. The Hall–Kier alpha value is -6.99. The Balaban J connectivity index is 0.875. The number of fused-ring (bicyclic) bond motifs is 4. The second-order valence-electron chi connectivity index (χ2n) is 15.2. The Labute approximate surface area is 376 Å². The van der Waals surface area contributed by atoms with Crippen LogP contribution in [0.3, 0.4) is 0 Å². The van der Waals surface area contributed by atoms with Crippen molar-refractivity contribution >= 4 is 69.6 Å². The molecule has 1 fully saturated rings. The lowest BCUT2D eigenvalue weighted by Crippen LogP contribution is -2.52. The number of amides is 5. The number of benzene rings is 3. The summed E-state index contributed by atoms with van der Waals surface area (Å²) in [4.78, 5) is 71.5. The van der Waals surface area contributed by atoms with Crippen LogP contribution in [0.5, 0.6) is 17.2 Å². The fourth-order valence-corrected chi connectivity index (χ4v) is 9.15. The molecule has 2 aromatic heterocycles. The largest absolute Gasteiger partial charge is 0.493 e. The number of aryl methyl sites for hydroxylation is 2. The molecule has 3 N–H and O–H groups in total. The molecule has 2 atom stereocenters. The smallest absolute Gasteiger partial charge is 0.258 e. The first-order valence-corrected chi connectivity index (χ1v) is 21.5. The maximum absolute atomic E-state index is 13.4. The summed E-state index contributed by atoms with van der Waals surface area (Å²) in [6.45, 7) is 6.01. The molecule has 3 aromatic carbocycles. The van der Waals surface area contributed by atoms with E-state index in [9.17, 15) is 24.0 Å². The fraction of sp³-hybridized carbons (Fsp3) is 0.318. The third-order valence-corrected chi connectivity index (χ3v) is 12.6. The first-order chi connectivity index (χ1) is 30.8. The number of rotatable bonds is 14. The van der Waals surface area contributed by atoms with Crippen molar-refractivity contribution in [3.63, 3.8) is 0 Å². The molecule has 1 saturated heterocycles. The van der Waals surface area contributed by atoms with Crippen LogP contribution in [0.4, 0.5) is 11.4 Å². The number of nitrogens with zero attached hydrogens (tertiary/aromatic N) is 7. The van der Waals surface area contributed by atoms with Gasteiger partial charge in [0, 0.05) is 70.3 Å². The van der Waals surface area contributed by atoms with E-state index in [0.717, 1.165) is 32.3 Å². The molecule has 18 nitrogen and oxygen atoms in total. The van der Waals surface area contributed by atoms with Crippen LogP contribution in [0.25, 0.3) is 5.00 Å². The van der Waals surface area contributed by atoms with Crippen LogP contribution >= 0.6 is 22.9 Å². The predicted molar refractivity (Wildman–Crippen MR) is 236 cm³/mol. The average molecular weight is 907 g/mol. The lowest BCUT2D eigenvalue weighted by Gasteiger charge is -2.29. The Morgan fingerprint density at radius 3 is 2.38 bits per heavy atom. The monoisotopic (exact) mass is 906 g/mol. The van der Waals surface area contributed by atoms with E-state index in [4.69, 9.17) is 30.8 Å². The number of ether oxygens (including phenoxy) is 3. The first-order valence-electron chi connectivity index (χ1n) is 20.3. The minimum absolute atomic E-state index is 0.00914. The van der Waals surface area contributed by atoms with Gasteiger partial charge in [0.1, 0.15) is 22.9 Å². The summed E-state index contributed by atoms with van der Waals surface area (Å²) in [7, 11) is 2.85. The number of aliphatic imine (C=N–C) groups is 1. The van der Waals surface area contributed by atoms with Crippen LogP contribution in [0.15, 0.2) is 69.8 Å². The molecule has 330 valence electrons. The third-order valence-electron chi connectivity index (χ3n) is 11.1. The van der Waals surface area contributed by atoms with Gasteiger partial charge in [-0.25, -0.2) is 0 Å². The van der Waals surface area contributed by atoms with E-state index in [1.165, 1.54) is 19.1 Å². The molecule has 3 aliphatic rings. The molecule has 0 bridgehead atoms. The fourth-order valence-electron chi connectivity index (χ4n) is 7.81. The van der Waals surface area contributed by atoms with Crippen LogP contribution in [0.1, 0.15) is 74.4 Å². The Bertz CT molecular complexity index is 2740. The van der Waals surface area contributed by atoms with Crippen LogP contribution in [-0.2, 0) is 25.7 Å². The first kappa shape index (κ1) is 43.7. The van der Waals surface area contributed by atoms with Crippen LogP contribution < -0.4 is 30.2 Å². The van der Waals surface area contributed by atoms with Crippen LogP contribution in [0, 0.1) is 20.8 Å². The molecule has 5 amide bonds. The van der Waals surface area contributed by atoms with Crippen LogP contribution in [-0.4, -0.2) is 94.9 Å². The van der Waals surface area contributed by atoms with Crippen molar-refractivity contribution in [3.05, 3.63) is 104 Å². The van der Waals surface area contributed by atoms with E-state index >= 15 is 0 Å². The molecular formula is C44H43ClN10O8S. The summed E-state index contributed by atoms with van der Waals surface area (Å²) in [6, 6.07) is 14.2. The van der Waals surface area contributed by atoms with Crippen molar-refractivity contribution in [1.29, 1.82) is 0 Å². The summed E-state index contributed by atoms with van der Waals surface area (Å²) in [5, 5.41) is 27.1. The summed E-state index contributed by atoms with van der Waals surface area (Å²) in [5.74, 6) is -0.0923. The van der Waals surface area contributed by atoms with Gasteiger partial charge in [-0.3, -0.25) is 38.8 Å². The second-order valence-corrected chi connectivity index (χ2v) is 16.8. The average Bonchev–Trinajstić information content (AvgIpc) is 3.90. The van der Waals surface area contributed by atoms with Gasteiger partial charge in [0.25, 0.3) is 11.8 Å². The van der Waals surface area contributed by atoms with Gasteiger partial charge in [0.15, 0.2) is 23.9 Å². The second kappa shape index (κ2) is 18.4. The number of nitrogens with one attached hydrogen (secondary N) is 3. The highest BCUT2D eigenvalue weighted by molar-refractivity contribution is 7.15. The van der Waals surface area contributed by atoms with Gasteiger partial charge in [-0.1, -0.05) is 29.8 Å². The number of hydrogen-bond donors (Lipinski definition) is 3. The van der Waals surface area contributed by atoms with Gasteiger partial charge in [-0.15, -0.1) is 21.5 Å². The van der Waals surface area contributed by atoms with Gasteiger partial charge in [-0.2, -0.15) is 10.2 Å². The minimum atomic E-state index is -0.764. The molecule has 20 heteroatoms.